The van der Waals surface area contributed by atoms with Gasteiger partial charge in [-0.3, -0.25) is 4.72 Å². The average Bonchev–Trinajstić information content (AvgIpc) is 3.25. The number of nitrogens with zero attached hydrogens (tertiary/aromatic N) is 1. The number of oxazole rings is 1. The van der Waals surface area contributed by atoms with Crippen LogP contribution in [0.4, 0.5) is 5.69 Å². The molecule has 3 aromatic carbocycles. The fraction of sp³-hybridized carbons (Fsp3) is 0.0870. The van der Waals surface area contributed by atoms with Crippen molar-refractivity contribution in [2.45, 2.75) is 18.2 Å². The molecule has 5 nitrogen and oxygen atoms in total. The molecule has 0 radical (unpaired) electrons. The Bertz CT molecular complexity index is 1210. The number of nitrogens with one attached hydrogen (secondary N) is 1. The van der Waals surface area contributed by atoms with Gasteiger partial charge in [-0.05, 0) is 42.3 Å². The number of benzene rings is 3. The molecule has 0 saturated heterocycles. The Morgan fingerprint density at radius 2 is 1.55 bits per heavy atom. The van der Waals surface area contributed by atoms with E-state index in [4.69, 9.17) is 4.42 Å². The minimum atomic E-state index is -3.68. The van der Waals surface area contributed by atoms with Gasteiger partial charge in [-0.15, -0.1) is 0 Å². The van der Waals surface area contributed by atoms with Crippen molar-refractivity contribution in [1.29, 1.82) is 0 Å². The summed E-state index contributed by atoms with van der Waals surface area (Å²) in [7, 11) is -3.68. The SMILES string of the molecule is CCc1ccccc1NS(=O)(=O)c1ccc(-c2ncc(-c3ccccc3)o2)cc1. The van der Waals surface area contributed by atoms with Crippen molar-refractivity contribution in [3.8, 4) is 22.8 Å². The number of aromatic nitrogens is 1. The van der Waals surface area contributed by atoms with Crippen molar-refractivity contribution >= 4 is 15.7 Å². The first-order valence-corrected chi connectivity index (χ1v) is 10.8. The van der Waals surface area contributed by atoms with Gasteiger partial charge in [0, 0.05) is 11.1 Å². The van der Waals surface area contributed by atoms with E-state index in [-0.39, 0.29) is 4.90 Å². The highest BCUT2D eigenvalue weighted by molar-refractivity contribution is 7.92. The molecule has 4 rings (SSSR count). The summed E-state index contributed by atoms with van der Waals surface area (Å²) in [6.07, 6.45) is 2.41. The van der Waals surface area contributed by atoms with Gasteiger partial charge in [-0.25, -0.2) is 13.4 Å². The van der Waals surface area contributed by atoms with Crippen molar-refractivity contribution in [2.75, 3.05) is 4.72 Å². The maximum Gasteiger partial charge on any atom is 0.261 e. The zero-order valence-corrected chi connectivity index (χ0v) is 16.7. The van der Waals surface area contributed by atoms with E-state index in [1.165, 1.54) is 0 Å². The van der Waals surface area contributed by atoms with Crippen molar-refractivity contribution in [3.05, 3.63) is 90.6 Å². The number of anilines is 1. The van der Waals surface area contributed by atoms with Crippen LogP contribution in [-0.4, -0.2) is 13.4 Å². The number of hydrogen-bond donors (Lipinski definition) is 1. The van der Waals surface area contributed by atoms with Crippen molar-refractivity contribution in [1.82, 2.24) is 4.98 Å². The topological polar surface area (TPSA) is 72.2 Å². The molecule has 0 aliphatic heterocycles. The van der Waals surface area contributed by atoms with E-state index < -0.39 is 10.0 Å². The summed E-state index contributed by atoms with van der Waals surface area (Å²) in [6.45, 7) is 1.99. The molecular weight excluding hydrogens is 384 g/mol. The summed E-state index contributed by atoms with van der Waals surface area (Å²) in [6, 6.07) is 23.6. The molecule has 0 unspecified atom stereocenters. The number of hydrogen-bond acceptors (Lipinski definition) is 4. The monoisotopic (exact) mass is 404 g/mol. The highest BCUT2D eigenvalue weighted by atomic mass is 32.2. The van der Waals surface area contributed by atoms with Crippen molar-refractivity contribution in [2.24, 2.45) is 0 Å². The van der Waals surface area contributed by atoms with Gasteiger partial charge in [-0.1, -0.05) is 55.5 Å². The molecule has 4 aromatic rings. The van der Waals surface area contributed by atoms with Crippen LogP contribution in [0.3, 0.4) is 0 Å². The Morgan fingerprint density at radius 3 is 2.28 bits per heavy atom. The maximum atomic E-state index is 12.8. The highest BCUT2D eigenvalue weighted by Gasteiger charge is 2.16. The summed E-state index contributed by atoms with van der Waals surface area (Å²) < 4.78 is 34.0. The zero-order valence-electron chi connectivity index (χ0n) is 15.9. The largest absolute Gasteiger partial charge is 0.436 e. The van der Waals surface area contributed by atoms with Crippen LogP contribution in [0.2, 0.25) is 0 Å². The summed E-state index contributed by atoms with van der Waals surface area (Å²) >= 11 is 0. The molecular formula is C23H20N2O3S. The van der Waals surface area contributed by atoms with Gasteiger partial charge in [0.05, 0.1) is 16.8 Å². The maximum absolute atomic E-state index is 12.8. The molecule has 0 saturated carbocycles. The summed E-state index contributed by atoms with van der Waals surface area (Å²) in [5.41, 5.74) is 3.18. The molecule has 1 aromatic heterocycles. The van der Waals surface area contributed by atoms with Crippen molar-refractivity contribution in [3.63, 3.8) is 0 Å². The highest BCUT2D eigenvalue weighted by Crippen LogP contribution is 2.27. The molecule has 0 aliphatic rings. The van der Waals surface area contributed by atoms with Crippen LogP contribution >= 0.6 is 0 Å². The predicted octanol–water partition coefficient (Wildman–Crippen LogP) is 5.37. The molecule has 0 spiro atoms. The van der Waals surface area contributed by atoms with Crippen LogP contribution in [-0.2, 0) is 16.4 Å². The van der Waals surface area contributed by atoms with E-state index in [0.717, 1.165) is 17.5 Å². The van der Waals surface area contributed by atoms with E-state index in [1.807, 2.05) is 55.5 Å². The number of aryl methyl sites for hydroxylation is 1. The summed E-state index contributed by atoms with van der Waals surface area (Å²) in [5, 5.41) is 0. The first-order valence-electron chi connectivity index (χ1n) is 9.29. The van der Waals surface area contributed by atoms with Crippen molar-refractivity contribution < 1.29 is 12.8 Å². The lowest BCUT2D eigenvalue weighted by molar-refractivity contribution is 0.588. The van der Waals surface area contributed by atoms with Crippen LogP contribution in [0.15, 0.2) is 94.4 Å². The van der Waals surface area contributed by atoms with Gasteiger partial charge in [-0.2, -0.15) is 0 Å². The second kappa shape index (κ2) is 7.93. The lowest BCUT2D eigenvalue weighted by atomic mass is 10.1. The third-order valence-corrected chi connectivity index (χ3v) is 6.00. The normalized spacial score (nSPS) is 11.3. The molecule has 1 N–H and O–H groups in total. The molecule has 0 bridgehead atoms. The number of rotatable bonds is 6. The van der Waals surface area contributed by atoms with E-state index in [2.05, 4.69) is 9.71 Å². The summed E-state index contributed by atoms with van der Waals surface area (Å²) in [4.78, 5) is 4.50. The molecule has 0 fully saturated rings. The molecule has 0 amide bonds. The Kier molecular flexibility index (Phi) is 5.18. The first-order chi connectivity index (χ1) is 14.1. The van der Waals surface area contributed by atoms with Gasteiger partial charge >= 0.3 is 0 Å². The van der Waals surface area contributed by atoms with Gasteiger partial charge in [0.1, 0.15) is 0 Å². The number of para-hydroxylation sites is 1. The smallest absolute Gasteiger partial charge is 0.261 e. The molecule has 29 heavy (non-hydrogen) atoms. The van der Waals surface area contributed by atoms with Crippen LogP contribution in [0.25, 0.3) is 22.8 Å². The minimum Gasteiger partial charge on any atom is -0.436 e. The third kappa shape index (κ3) is 4.07. The zero-order chi connectivity index (χ0) is 20.3. The number of sulfonamides is 1. The molecule has 6 heteroatoms. The first kappa shape index (κ1) is 19.0. The van der Waals surface area contributed by atoms with Gasteiger partial charge in [0.25, 0.3) is 10.0 Å². The lowest BCUT2D eigenvalue weighted by Crippen LogP contribution is -2.14. The Labute approximate surface area is 170 Å². The van der Waals surface area contributed by atoms with E-state index in [1.54, 1.807) is 36.5 Å². The Hall–Kier alpha value is -3.38. The summed E-state index contributed by atoms with van der Waals surface area (Å²) in [5.74, 6) is 1.10. The molecule has 146 valence electrons. The van der Waals surface area contributed by atoms with Crippen LogP contribution in [0.1, 0.15) is 12.5 Å². The van der Waals surface area contributed by atoms with Crippen LogP contribution < -0.4 is 4.72 Å². The van der Waals surface area contributed by atoms with Gasteiger partial charge in [0.2, 0.25) is 5.89 Å². The Morgan fingerprint density at radius 1 is 0.862 bits per heavy atom. The second-order valence-electron chi connectivity index (χ2n) is 6.54. The second-order valence-corrected chi connectivity index (χ2v) is 8.22. The molecule has 0 atom stereocenters. The minimum absolute atomic E-state index is 0.182. The molecule has 1 heterocycles. The van der Waals surface area contributed by atoms with E-state index >= 15 is 0 Å². The fourth-order valence-electron chi connectivity index (χ4n) is 3.05. The quantitative estimate of drug-likeness (QED) is 0.469. The lowest BCUT2D eigenvalue weighted by Gasteiger charge is -2.11. The Balaban J connectivity index is 1.57. The van der Waals surface area contributed by atoms with Crippen LogP contribution in [0, 0.1) is 0 Å². The predicted molar refractivity (Wildman–Crippen MR) is 114 cm³/mol. The molecule has 0 aliphatic carbocycles. The average molecular weight is 404 g/mol. The van der Waals surface area contributed by atoms with Gasteiger partial charge in [0.15, 0.2) is 5.76 Å². The third-order valence-electron chi connectivity index (χ3n) is 4.62. The standard InChI is InChI=1S/C23H20N2O3S/c1-2-17-8-6-7-11-21(17)25-29(26,27)20-14-12-19(13-15-20)23-24-16-22(28-23)18-9-4-3-5-10-18/h3-16,25H,2H2,1H3. The fourth-order valence-corrected chi connectivity index (χ4v) is 4.15. The van der Waals surface area contributed by atoms with E-state index in [0.29, 0.717) is 22.9 Å². The van der Waals surface area contributed by atoms with E-state index in [9.17, 15) is 8.42 Å². The van der Waals surface area contributed by atoms with Gasteiger partial charge < -0.3 is 4.42 Å². The van der Waals surface area contributed by atoms with Crippen LogP contribution in [0.5, 0.6) is 0 Å².